The second kappa shape index (κ2) is 9.35. The van der Waals surface area contributed by atoms with Crippen LogP contribution in [0.4, 0.5) is 5.69 Å². The summed E-state index contributed by atoms with van der Waals surface area (Å²) in [5, 5.41) is 2.98. The van der Waals surface area contributed by atoms with E-state index in [0.29, 0.717) is 24.4 Å². The molecule has 148 valence electrons. The van der Waals surface area contributed by atoms with E-state index in [1.54, 1.807) is 31.6 Å². The first kappa shape index (κ1) is 19.9. The predicted molar refractivity (Wildman–Crippen MR) is 108 cm³/mol. The number of benzene rings is 1. The molecule has 0 spiro atoms. The van der Waals surface area contributed by atoms with Gasteiger partial charge in [0.15, 0.2) is 0 Å². The molecule has 0 bridgehead atoms. The molecule has 1 fully saturated rings. The Bertz CT molecular complexity index is 823. The Balaban J connectivity index is 1.50. The Kier molecular flexibility index (Phi) is 6.63. The number of rotatable bonds is 6. The van der Waals surface area contributed by atoms with Crippen molar-refractivity contribution in [3.05, 3.63) is 53.9 Å². The van der Waals surface area contributed by atoms with E-state index in [2.05, 4.69) is 10.3 Å². The number of aryl methyl sites for hydroxylation is 1. The molecule has 0 saturated carbocycles. The van der Waals surface area contributed by atoms with Gasteiger partial charge in [0.25, 0.3) is 5.91 Å². The van der Waals surface area contributed by atoms with Crippen LogP contribution in [0.3, 0.4) is 0 Å². The number of nitrogens with zero attached hydrogens (tertiary/aromatic N) is 2. The molecule has 0 radical (unpaired) electrons. The molecule has 2 heterocycles. The van der Waals surface area contributed by atoms with Crippen LogP contribution in [-0.2, 0) is 4.79 Å². The predicted octanol–water partition coefficient (Wildman–Crippen LogP) is 3.67. The quantitative estimate of drug-likeness (QED) is 0.829. The van der Waals surface area contributed by atoms with Crippen molar-refractivity contribution in [1.29, 1.82) is 0 Å². The second-order valence-electron chi connectivity index (χ2n) is 7.26. The Hall–Kier alpha value is -2.89. The van der Waals surface area contributed by atoms with E-state index in [4.69, 9.17) is 4.74 Å². The van der Waals surface area contributed by atoms with Gasteiger partial charge in [-0.2, -0.15) is 0 Å². The van der Waals surface area contributed by atoms with Crippen LogP contribution in [0, 0.1) is 12.8 Å². The van der Waals surface area contributed by atoms with Crippen LogP contribution in [0.2, 0.25) is 0 Å². The third kappa shape index (κ3) is 5.09. The SMILES string of the molecule is COc1ccc(NC(=O)CC[C@@H]2CCCN(C(=O)c3ccncc3)C2)c(C)c1. The van der Waals surface area contributed by atoms with E-state index >= 15 is 0 Å². The number of anilines is 1. The summed E-state index contributed by atoms with van der Waals surface area (Å²) < 4.78 is 5.19. The van der Waals surface area contributed by atoms with E-state index in [9.17, 15) is 9.59 Å². The first-order valence-electron chi connectivity index (χ1n) is 9.70. The standard InChI is InChI=1S/C22H27N3O3/c1-16-14-19(28-2)6-7-20(16)24-21(26)8-5-17-4-3-13-25(15-17)22(27)18-9-11-23-12-10-18/h6-7,9-12,14,17H,3-5,8,13,15H2,1-2H3,(H,24,26)/t17-/m0/s1. The van der Waals surface area contributed by atoms with Gasteiger partial charge in [-0.3, -0.25) is 14.6 Å². The molecular weight excluding hydrogens is 354 g/mol. The number of aromatic nitrogens is 1. The van der Waals surface area contributed by atoms with Gasteiger partial charge in [-0.05, 0) is 68.0 Å². The number of carbonyl (C=O) groups excluding carboxylic acids is 2. The summed E-state index contributed by atoms with van der Waals surface area (Å²) in [4.78, 5) is 30.9. The summed E-state index contributed by atoms with van der Waals surface area (Å²) in [6.07, 6.45) is 6.53. The van der Waals surface area contributed by atoms with Gasteiger partial charge in [-0.25, -0.2) is 0 Å². The number of methoxy groups -OCH3 is 1. The summed E-state index contributed by atoms with van der Waals surface area (Å²) in [7, 11) is 1.62. The van der Waals surface area contributed by atoms with Crippen molar-refractivity contribution in [3.8, 4) is 5.75 Å². The number of nitrogens with one attached hydrogen (secondary N) is 1. The number of ether oxygens (including phenoxy) is 1. The Morgan fingerprint density at radius 3 is 2.75 bits per heavy atom. The van der Waals surface area contributed by atoms with E-state index in [1.165, 1.54) is 0 Å². The highest BCUT2D eigenvalue weighted by molar-refractivity contribution is 5.94. The molecule has 1 saturated heterocycles. The Morgan fingerprint density at radius 1 is 1.25 bits per heavy atom. The molecule has 0 unspecified atom stereocenters. The number of amides is 2. The first-order chi connectivity index (χ1) is 13.6. The monoisotopic (exact) mass is 381 g/mol. The van der Waals surface area contributed by atoms with E-state index in [-0.39, 0.29) is 11.8 Å². The summed E-state index contributed by atoms with van der Waals surface area (Å²) in [6, 6.07) is 9.10. The van der Waals surface area contributed by atoms with Crippen LogP contribution in [-0.4, -0.2) is 41.9 Å². The van der Waals surface area contributed by atoms with Gasteiger partial charge >= 0.3 is 0 Å². The molecule has 1 aliphatic rings. The summed E-state index contributed by atoms with van der Waals surface area (Å²) >= 11 is 0. The maximum absolute atomic E-state index is 12.6. The molecule has 1 aromatic heterocycles. The van der Waals surface area contributed by atoms with Crippen LogP contribution in [0.25, 0.3) is 0 Å². The molecule has 3 rings (SSSR count). The van der Waals surface area contributed by atoms with Crippen LogP contribution < -0.4 is 10.1 Å². The van der Waals surface area contributed by atoms with Gasteiger partial charge < -0.3 is 15.0 Å². The zero-order valence-electron chi connectivity index (χ0n) is 16.5. The lowest BCUT2D eigenvalue weighted by Gasteiger charge is -2.32. The highest BCUT2D eigenvalue weighted by Gasteiger charge is 2.24. The average molecular weight is 381 g/mol. The van der Waals surface area contributed by atoms with Crippen LogP contribution in [0.1, 0.15) is 41.6 Å². The smallest absolute Gasteiger partial charge is 0.253 e. The Labute approximate surface area is 165 Å². The largest absolute Gasteiger partial charge is 0.497 e. The maximum atomic E-state index is 12.6. The van der Waals surface area contributed by atoms with E-state index in [0.717, 1.165) is 42.8 Å². The molecule has 28 heavy (non-hydrogen) atoms. The van der Waals surface area contributed by atoms with Crippen molar-refractivity contribution in [3.63, 3.8) is 0 Å². The number of hydrogen-bond donors (Lipinski definition) is 1. The highest BCUT2D eigenvalue weighted by atomic mass is 16.5. The number of likely N-dealkylation sites (tertiary alicyclic amines) is 1. The summed E-state index contributed by atoms with van der Waals surface area (Å²) in [5.41, 5.74) is 2.45. The zero-order chi connectivity index (χ0) is 19.9. The number of carbonyl (C=O) groups is 2. The van der Waals surface area contributed by atoms with Crippen molar-refractivity contribution in [2.45, 2.75) is 32.6 Å². The van der Waals surface area contributed by atoms with Gasteiger partial charge in [-0.1, -0.05) is 0 Å². The van der Waals surface area contributed by atoms with Crippen LogP contribution >= 0.6 is 0 Å². The molecule has 2 aromatic rings. The molecule has 1 atom stereocenters. The van der Waals surface area contributed by atoms with E-state index < -0.39 is 0 Å². The van der Waals surface area contributed by atoms with Gasteiger partial charge in [0.1, 0.15) is 5.75 Å². The van der Waals surface area contributed by atoms with Gasteiger partial charge in [0, 0.05) is 43.2 Å². The minimum atomic E-state index is 0.00542. The lowest BCUT2D eigenvalue weighted by atomic mass is 9.93. The second-order valence-corrected chi connectivity index (χ2v) is 7.26. The molecular formula is C22H27N3O3. The van der Waals surface area contributed by atoms with Crippen LogP contribution in [0.5, 0.6) is 5.75 Å². The fraction of sp³-hybridized carbons (Fsp3) is 0.409. The van der Waals surface area contributed by atoms with Gasteiger partial charge in [-0.15, -0.1) is 0 Å². The minimum Gasteiger partial charge on any atom is -0.497 e. The molecule has 1 aromatic carbocycles. The van der Waals surface area contributed by atoms with Gasteiger partial charge in [0.05, 0.1) is 7.11 Å². The number of hydrogen-bond acceptors (Lipinski definition) is 4. The normalized spacial score (nSPS) is 16.5. The summed E-state index contributed by atoms with van der Waals surface area (Å²) in [6.45, 7) is 3.42. The molecule has 1 aliphatic heterocycles. The van der Waals surface area contributed by atoms with Crippen LogP contribution in [0.15, 0.2) is 42.7 Å². The topological polar surface area (TPSA) is 71.5 Å². The maximum Gasteiger partial charge on any atom is 0.253 e. The molecule has 6 heteroatoms. The number of pyridine rings is 1. The average Bonchev–Trinajstić information content (AvgIpc) is 2.74. The molecule has 6 nitrogen and oxygen atoms in total. The van der Waals surface area contributed by atoms with Crippen molar-refractivity contribution in [2.75, 3.05) is 25.5 Å². The number of piperidine rings is 1. The third-order valence-corrected chi connectivity index (χ3v) is 5.22. The summed E-state index contributed by atoms with van der Waals surface area (Å²) in [5.74, 6) is 1.18. The lowest BCUT2D eigenvalue weighted by molar-refractivity contribution is -0.116. The van der Waals surface area contributed by atoms with Crippen molar-refractivity contribution < 1.29 is 14.3 Å². The third-order valence-electron chi connectivity index (χ3n) is 5.22. The molecule has 2 amide bonds. The lowest BCUT2D eigenvalue weighted by Crippen LogP contribution is -2.40. The fourth-order valence-electron chi connectivity index (χ4n) is 3.61. The van der Waals surface area contributed by atoms with Crippen molar-refractivity contribution in [2.24, 2.45) is 5.92 Å². The minimum absolute atomic E-state index is 0.00542. The van der Waals surface area contributed by atoms with Crippen molar-refractivity contribution >= 4 is 17.5 Å². The molecule has 0 aliphatic carbocycles. The first-order valence-corrected chi connectivity index (χ1v) is 9.70. The molecule has 1 N–H and O–H groups in total. The highest BCUT2D eigenvalue weighted by Crippen LogP contribution is 2.24. The van der Waals surface area contributed by atoms with Gasteiger partial charge in [0.2, 0.25) is 5.91 Å². The van der Waals surface area contributed by atoms with Crippen molar-refractivity contribution in [1.82, 2.24) is 9.88 Å². The fourth-order valence-corrected chi connectivity index (χ4v) is 3.61. The Morgan fingerprint density at radius 2 is 2.04 bits per heavy atom. The van der Waals surface area contributed by atoms with E-state index in [1.807, 2.05) is 30.0 Å². The zero-order valence-corrected chi connectivity index (χ0v) is 16.5.